The van der Waals surface area contributed by atoms with Crippen LogP contribution in [-0.4, -0.2) is 19.2 Å². The van der Waals surface area contributed by atoms with Gasteiger partial charge in [0.25, 0.3) is 0 Å². The molecule has 0 spiro atoms. The normalized spacial score (nSPS) is 12.4. The minimum Gasteiger partial charge on any atom is -0.488 e. The lowest BCUT2D eigenvalue weighted by molar-refractivity contribution is 0.268. The van der Waals surface area contributed by atoms with Crippen LogP contribution in [0.3, 0.4) is 0 Å². The van der Waals surface area contributed by atoms with E-state index in [2.05, 4.69) is 19.2 Å². The van der Waals surface area contributed by atoms with Crippen LogP contribution < -0.4 is 10.1 Å². The third-order valence-corrected chi connectivity index (χ3v) is 3.04. The van der Waals surface area contributed by atoms with Gasteiger partial charge in [-0.1, -0.05) is 19.9 Å². The lowest BCUT2D eigenvalue weighted by atomic mass is 10.1. The molecule has 1 N–H and O–H groups in total. The molecule has 0 saturated heterocycles. The molecule has 1 aromatic rings. The Hall–Kier alpha value is -1.16. The highest BCUT2D eigenvalue weighted by molar-refractivity contribution is 5.25. The molecule has 1 atom stereocenters. The van der Waals surface area contributed by atoms with Gasteiger partial charge in [0, 0.05) is 6.04 Å². The van der Waals surface area contributed by atoms with E-state index in [1.165, 1.54) is 18.2 Å². The van der Waals surface area contributed by atoms with Gasteiger partial charge in [-0.05, 0) is 44.4 Å². The summed E-state index contributed by atoms with van der Waals surface area (Å²) < 4.78 is 31.8. The van der Waals surface area contributed by atoms with Crippen LogP contribution in [0.4, 0.5) is 8.78 Å². The van der Waals surface area contributed by atoms with Gasteiger partial charge in [0.1, 0.15) is 0 Å². The SMILES string of the molecule is CCCNC(CC)CCCOc1c(F)cccc1F. The monoisotopic (exact) mass is 271 g/mol. The maximum atomic E-state index is 13.3. The molecule has 0 aliphatic rings. The van der Waals surface area contributed by atoms with Crippen LogP contribution in [0.15, 0.2) is 18.2 Å². The van der Waals surface area contributed by atoms with E-state index >= 15 is 0 Å². The molecule has 1 rings (SSSR count). The van der Waals surface area contributed by atoms with E-state index in [-0.39, 0.29) is 5.75 Å². The molecule has 0 aliphatic carbocycles. The standard InChI is InChI=1S/C15H23F2NO/c1-3-10-18-12(4-2)7-6-11-19-15-13(16)8-5-9-14(15)17/h5,8-9,12,18H,3-4,6-7,10-11H2,1-2H3. The largest absolute Gasteiger partial charge is 0.488 e. The summed E-state index contributed by atoms with van der Waals surface area (Å²) >= 11 is 0. The lowest BCUT2D eigenvalue weighted by Gasteiger charge is -2.16. The Balaban J connectivity index is 2.30. The average molecular weight is 271 g/mol. The second-order valence-corrected chi connectivity index (χ2v) is 4.60. The summed E-state index contributed by atoms with van der Waals surface area (Å²) in [6, 6.07) is 4.19. The molecule has 0 fully saturated rings. The number of ether oxygens (including phenoxy) is 1. The smallest absolute Gasteiger partial charge is 0.190 e. The van der Waals surface area contributed by atoms with Gasteiger partial charge in [0.05, 0.1) is 6.61 Å². The maximum absolute atomic E-state index is 13.3. The van der Waals surface area contributed by atoms with E-state index in [9.17, 15) is 8.78 Å². The molecule has 0 aliphatic heterocycles. The Morgan fingerprint density at radius 1 is 1.21 bits per heavy atom. The summed E-state index contributed by atoms with van der Waals surface area (Å²) in [6.45, 7) is 5.60. The maximum Gasteiger partial charge on any atom is 0.190 e. The third-order valence-electron chi connectivity index (χ3n) is 3.04. The van der Waals surface area contributed by atoms with E-state index in [1.54, 1.807) is 0 Å². The highest BCUT2D eigenvalue weighted by Crippen LogP contribution is 2.21. The van der Waals surface area contributed by atoms with E-state index in [4.69, 9.17) is 4.74 Å². The van der Waals surface area contributed by atoms with Crippen molar-refractivity contribution >= 4 is 0 Å². The second kappa shape index (κ2) is 8.86. The van der Waals surface area contributed by atoms with Crippen molar-refractivity contribution in [3.05, 3.63) is 29.8 Å². The Labute approximate surface area is 114 Å². The highest BCUT2D eigenvalue weighted by atomic mass is 19.1. The van der Waals surface area contributed by atoms with Crippen molar-refractivity contribution in [2.24, 2.45) is 0 Å². The first kappa shape index (κ1) is 15.9. The Morgan fingerprint density at radius 3 is 2.47 bits per heavy atom. The fourth-order valence-corrected chi connectivity index (χ4v) is 1.92. The van der Waals surface area contributed by atoms with Crippen LogP contribution in [0.2, 0.25) is 0 Å². The van der Waals surface area contributed by atoms with Crippen molar-refractivity contribution in [2.45, 2.75) is 45.6 Å². The van der Waals surface area contributed by atoms with Gasteiger partial charge in [-0.15, -0.1) is 0 Å². The highest BCUT2D eigenvalue weighted by Gasteiger charge is 2.10. The molecule has 108 valence electrons. The number of halogens is 2. The molecular formula is C15H23F2NO. The van der Waals surface area contributed by atoms with Crippen LogP contribution in [-0.2, 0) is 0 Å². The third kappa shape index (κ3) is 5.55. The minimum absolute atomic E-state index is 0.267. The first-order valence-corrected chi connectivity index (χ1v) is 6.99. The minimum atomic E-state index is -0.642. The zero-order chi connectivity index (χ0) is 14.1. The second-order valence-electron chi connectivity index (χ2n) is 4.60. The quantitative estimate of drug-likeness (QED) is 0.688. The van der Waals surface area contributed by atoms with Crippen molar-refractivity contribution in [1.82, 2.24) is 5.32 Å². The van der Waals surface area contributed by atoms with Gasteiger partial charge in [-0.3, -0.25) is 0 Å². The number of hydrogen-bond donors (Lipinski definition) is 1. The molecule has 0 saturated carbocycles. The summed E-state index contributed by atoms with van der Waals surface area (Å²) in [5.74, 6) is -1.55. The Kier molecular flexibility index (Phi) is 7.41. The first-order chi connectivity index (χ1) is 9.19. The number of rotatable bonds is 9. The van der Waals surface area contributed by atoms with Crippen LogP contribution in [0.25, 0.3) is 0 Å². The van der Waals surface area contributed by atoms with Crippen LogP contribution in [0, 0.1) is 11.6 Å². The van der Waals surface area contributed by atoms with E-state index < -0.39 is 11.6 Å². The van der Waals surface area contributed by atoms with Crippen molar-refractivity contribution in [3.8, 4) is 5.75 Å². The summed E-state index contributed by atoms with van der Waals surface area (Å²) in [5, 5.41) is 3.44. The van der Waals surface area contributed by atoms with Crippen molar-refractivity contribution < 1.29 is 13.5 Å². The van der Waals surface area contributed by atoms with Crippen LogP contribution in [0.1, 0.15) is 39.5 Å². The molecule has 1 unspecified atom stereocenters. The summed E-state index contributed by atoms with van der Waals surface area (Å²) in [4.78, 5) is 0. The number of benzene rings is 1. The van der Waals surface area contributed by atoms with Gasteiger partial charge in [0.15, 0.2) is 17.4 Å². The zero-order valence-electron chi connectivity index (χ0n) is 11.7. The molecule has 1 aromatic carbocycles. The summed E-state index contributed by atoms with van der Waals surface area (Å²) in [7, 11) is 0. The van der Waals surface area contributed by atoms with Gasteiger partial charge < -0.3 is 10.1 Å². The molecule has 0 radical (unpaired) electrons. The molecular weight excluding hydrogens is 248 g/mol. The molecule has 0 amide bonds. The van der Waals surface area contributed by atoms with Gasteiger partial charge in [-0.25, -0.2) is 8.78 Å². The molecule has 0 heterocycles. The molecule has 0 aromatic heterocycles. The number of nitrogens with one attached hydrogen (secondary N) is 1. The fraction of sp³-hybridized carbons (Fsp3) is 0.600. The molecule has 0 bridgehead atoms. The number of hydrogen-bond acceptors (Lipinski definition) is 2. The van der Waals surface area contributed by atoms with Crippen LogP contribution in [0.5, 0.6) is 5.75 Å². The van der Waals surface area contributed by atoms with Gasteiger partial charge in [-0.2, -0.15) is 0 Å². The summed E-state index contributed by atoms with van der Waals surface area (Å²) in [6.07, 6.45) is 3.89. The average Bonchev–Trinajstić information content (AvgIpc) is 2.40. The van der Waals surface area contributed by atoms with Crippen molar-refractivity contribution in [2.75, 3.05) is 13.2 Å². The van der Waals surface area contributed by atoms with Gasteiger partial charge >= 0.3 is 0 Å². The Bertz CT molecular complexity index is 351. The topological polar surface area (TPSA) is 21.3 Å². The lowest BCUT2D eigenvalue weighted by Crippen LogP contribution is -2.29. The van der Waals surface area contributed by atoms with Crippen molar-refractivity contribution in [1.29, 1.82) is 0 Å². The van der Waals surface area contributed by atoms with E-state index in [0.29, 0.717) is 12.6 Å². The first-order valence-electron chi connectivity index (χ1n) is 6.99. The summed E-state index contributed by atoms with van der Waals surface area (Å²) in [5.41, 5.74) is 0. The van der Waals surface area contributed by atoms with E-state index in [1.807, 2.05) is 0 Å². The Morgan fingerprint density at radius 2 is 1.89 bits per heavy atom. The predicted molar refractivity (Wildman–Crippen MR) is 73.5 cm³/mol. The predicted octanol–water partition coefficient (Wildman–Crippen LogP) is 3.90. The molecule has 2 nitrogen and oxygen atoms in total. The zero-order valence-corrected chi connectivity index (χ0v) is 11.7. The van der Waals surface area contributed by atoms with E-state index in [0.717, 1.165) is 32.2 Å². The van der Waals surface area contributed by atoms with Crippen LogP contribution >= 0.6 is 0 Å². The molecule has 4 heteroatoms. The fourth-order valence-electron chi connectivity index (χ4n) is 1.92. The molecule has 19 heavy (non-hydrogen) atoms. The number of para-hydroxylation sites is 1. The van der Waals surface area contributed by atoms with Crippen molar-refractivity contribution in [3.63, 3.8) is 0 Å². The van der Waals surface area contributed by atoms with Gasteiger partial charge in [0.2, 0.25) is 0 Å².